The second kappa shape index (κ2) is 7.29. The number of benzene rings is 1. The first-order valence-corrected chi connectivity index (χ1v) is 9.96. The van der Waals surface area contributed by atoms with E-state index in [-0.39, 0.29) is 42.0 Å². The van der Waals surface area contributed by atoms with Crippen molar-refractivity contribution < 1.29 is 14.3 Å². The van der Waals surface area contributed by atoms with Gasteiger partial charge in [0.05, 0.1) is 35.5 Å². The summed E-state index contributed by atoms with van der Waals surface area (Å²) in [7, 11) is 3.34. The monoisotopic (exact) mass is 437 g/mol. The number of nitrogens with zero attached hydrogens (tertiary/aromatic N) is 1. The average Bonchev–Trinajstić information content (AvgIpc) is 3.42. The van der Waals surface area contributed by atoms with E-state index in [4.69, 9.17) is 4.74 Å². The number of hydrogen-bond acceptors (Lipinski definition) is 6. The molecule has 1 aromatic carbocycles. The molecule has 1 aromatic rings. The predicted octanol–water partition coefficient (Wildman–Crippen LogP) is 1.00. The lowest BCUT2D eigenvalue weighted by molar-refractivity contribution is -0.131. The molecule has 0 spiro atoms. The zero-order chi connectivity index (χ0) is 19.1. The number of fused-ring (bicyclic) bond motifs is 1. The van der Waals surface area contributed by atoms with Gasteiger partial charge in [-0.2, -0.15) is 0 Å². The molecule has 4 N–H and O–H groups in total. The number of anilines is 1. The Kier molecular flexibility index (Phi) is 5.00. The minimum Gasteiger partial charge on any atom is -0.493 e. The maximum absolute atomic E-state index is 12.7. The summed E-state index contributed by atoms with van der Waals surface area (Å²) in [4.78, 5) is 24.9. The van der Waals surface area contributed by atoms with Crippen LogP contribution in [0.4, 0.5) is 5.69 Å². The molecule has 4 rings (SSSR count). The van der Waals surface area contributed by atoms with Gasteiger partial charge in [-0.1, -0.05) is 6.07 Å². The van der Waals surface area contributed by atoms with Gasteiger partial charge in [-0.15, -0.1) is 0 Å². The minimum absolute atomic E-state index is 0.0194. The molecule has 2 saturated heterocycles. The number of halogens is 1. The third kappa shape index (κ3) is 3.63. The molecule has 2 aliphatic heterocycles. The van der Waals surface area contributed by atoms with Crippen molar-refractivity contribution in [2.45, 2.75) is 37.6 Å². The van der Waals surface area contributed by atoms with E-state index in [1.54, 1.807) is 14.2 Å². The first kappa shape index (κ1) is 18.5. The van der Waals surface area contributed by atoms with Crippen LogP contribution in [0.25, 0.3) is 0 Å². The highest BCUT2D eigenvalue weighted by Crippen LogP contribution is 2.36. The van der Waals surface area contributed by atoms with Gasteiger partial charge >= 0.3 is 0 Å². The summed E-state index contributed by atoms with van der Waals surface area (Å²) < 4.78 is 6.34. The third-order valence-electron chi connectivity index (χ3n) is 5.39. The van der Waals surface area contributed by atoms with Gasteiger partial charge in [-0.25, -0.2) is 5.43 Å². The van der Waals surface area contributed by atoms with Crippen LogP contribution in [0, 0.1) is 11.8 Å². The lowest BCUT2D eigenvalue weighted by atomic mass is 9.88. The number of piperidine rings is 1. The van der Waals surface area contributed by atoms with Crippen LogP contribution in [0.1, 0.15) is 19.3 Å². The van der Waals surface area contributed by atoms with E-state index in [1.807, 2.05) is 18.2 Å². The SMILES string of the molecule is COc1c(Br)cccc1NC1CC(NC(=O)C2CC2)NC2NN(C)C(=O)C12. The standard InChI is InChI=1S/C18H24BrN5O3/c1-24-18(26)14-12(20-11-5-3-4-10(19)15(11)27-2)8-13(21-16(14)23-24)22-17(25)9-6-7-9/h3-5,9,12-14,16,20-21,23H,6-8H2,1-2H3,(H,22,25). The number of para-hydroxylation sites is 1. The topological polar surface area (TPSA) is 94.7 Å². The number of nitrogens with one attached hydrogen (secondary N) is 4. The summed E-state index contributed by atoms with van der Waals surface area (Å²) in [5.41, 5.74) is 3.96. The summed E-state index contributed by atoms with van der Waals surface area (Å²) in [6.07, 6.45) is 2.07. The summed E-state index contributed by atoms with van der Waals surface area (Å²) in [5.74, 6) is 0.654. The molecule has 1 aliphatic carbocycles. The fourth-order valence-electron chi connectivity index (χ4n) is 3.86. The van der Waals surface area contributed by atoms with E-state index in [1.165, 1.54) is 5.01 Å². The number of rotatable bonds is 5. The van der Waals surface area contributed by atoms with Gasteiger partial charge in [-0.05, 0) is 40.9 Å². The van der Waals surface area contributed by atoms with Crippen LogP contribution in [0.15, 0.2) is 22.7 Å². The fraction of sp³-hybridized carbons (Fsp3) is 0.556. The third-order valence-corrected chi connectivity index (χ3v) is 6.01. The molecule has 146 valence electrons. The van der Waals surface area contributed by atoms with Crippen molar-refractivity contribution in [1.82, 2.24) is 21.1 Å². The Morgan fingerprint density at radius 3 is 2.85 bits per heavy atom. The summed E-state index contributed by atoms with van der Waals surface area (Å²) in [6, 6.07) is 5.59. The highest BCUT2D eigenvalue weighted by atomic mass is 79.9. The molecular weight excluding hydrogens is 414 g/mol. The Morgan fingerprint density at radius 1 is 1.37 bits per heavy atom. The lowest BCUT2D eigenvalue weighted by Gasteiger charge is -2.38. The summed E-state index contributed by atoms with van der Waals surface area (Å²) in [5, 5.41) is 11.4. The molecule has 2 amide bonds. The van der Waals surface area contributed by atoms with Gasteiger partial charge in [0, 0.05) is 25.4 Å². The molecule has 9 heteroatoms. The van der Waals surface area contributed by atoms with E-state index in [0.717, 1.165) is 23.0 Å². The zero-order valence-corrected chi connectivity index (χ0v) is 16.9. The molecule has 4 atom stereocenters. The smallest absolute Gasteiger partial charge is 0.244 e. The molecule has 0 bridgehead atoms. The second-order valence-electron chi connectivity index (χ2n) is 7.34. The van der Waals surface area contributed by atoms with Crippen molar-refractivity contribution >= 4 is 33.4 Å². The van der Waals surface area contributed by atoms with Crippen LogP contribution in [0.5, 0.6) is 5.75 Å². The summed E-state index contributed by atoms with van der Waals surface area (Å²) >= 11 is 3.50. The minimum atomic E-state index is -0.284. The largest absolute Gasteiger partial charge is 0.493 e. The number of methoxy groups -OCH3 is 1. The maximum atomic E-state index is 12.7. The highest BCUT2D eigenvalue weighted by Gasteiger charge is 2.49. The van der Waals surface area contributed by atoms with Crippen LogP contribution in [-0.2, 0) is 9.59 Å². The number of carbonyl (C=O) groups is 2. The van der Waals surface area contributed by atoms with Gasteiger partial charge < -0.3 is 15.4 Å². The van der Waals surface area contributed by atoms with Crippen LogP contribution >= 0.6 is 15.9 Å². The molecule has 3 aliphatic rings. The molecule has 1 saturated carbocycles. The molecular formula is C18H24BrN5O3. The Labute approximate surface area is 166 Å². The Bertz CT molecular complexity index is 757. The second-order valence-corrected chi connectivity index (χ2v) is 8.19. The van der Waals surface area contributed by atoms with Crippen molar-refractivity contribution in [3.05, 3.63) is 22.7 Å². The molecule has 0 aromatic heterocycles. The molecule has 4 unspecified atom stereocenters. The molecule has 2 heterocycles. The van der Waals surface area contributed by atoms with E-state index >= 15 is 0 Å². The molecule has 8 nitrogen and oxygen atoms in total. The molecule has 3 fully saturated rings. The van der Waals surface area contributed by atoms with Gasteiger partial charge in [0.25, 0.3) is 0 Å². The van der Waals surface area contributed by atoms with E-state index in [9.17, 15) is 9.59 Å². The Morgan fingerprint density at radius 2 is 2.15 bits per heavy atom. The van der Waals surface area contributed by atoms with Gasteiger partial charge in [0.2, 0.25) is 11.8 Å². The van der Waals surface area contributed by atoms with Crippen molar-refractivity contribution in [1.29, 1.82) is 0 Å². The van der Waals surface area contributed by atoms with E-state index in [0.29, 0.717) is 12.2 Å². The van der Waals surface area contributed by atoms with Crippen LogP contribution in [0.2, 0.25) is 0 Å². The normalized spacial score (nSPS) is 30.0. The quantitative estimate of drug-likeness (QED) is 0.548. The number of amides is 2. The highest BCUT2D eigenvalue weighted by molar-refractivity contribution is 9.10. The molecule has 27 heavy (non-hydrogen) atoms. The Balaban J connectivity index is 1.56. The maximum Gasteiger partial charge on any atom is 0.244 e. The Hall–Kier alpha value is -1.84. The van der Waals surface area contributed by atoms with Crippen LogP contribution in [0.3, 0.4) is 0 Å². The number of hydrogen-bond donors (Lipinski definition) is 4. The van der Waals surface area contributed by atoms with E-state index < -0.39 is 0 Å². The van der Waals surface area contributed by atoms with Crippen molar-refractivity contribution in [2.24, 2.45) is 11.8 Å². The predicted molar refractivity (Wildman–Crippen MR) is 104 cm³/mol. The zero-order valence-electron chi connectivity index (χ0n) is 15.3. The average molecular weight is 438 g/mol. The van der Waals surface area contributed by atoms with Gasteiger partial charge in [-0.3, -0.25) is 19.9 Å². The van der Waals surface area contributed by atoms with E-state index in [2.05, 4.69) is 37.3 Å². The van der Waals surface area contributed by atoms with Crippen molar-refractivity contribution in [3.63, 3.8) is 0 Å². The lowest BCUT2D eigenvalue weighted by Crippen LogP contribution is -2.63. The number of carbonyl (C=O) groups excluding carboxylic acids is 2. The first-order valence-electron chi connectivity index (χ1n) is 9.17. The number of hydrazine groups is 1. The number of ether oxygens (including phenoxy) is 1. The van der Waals surface area contributed by atoms with Crippen LogP contribution < -0.4 is 26.1 Å². The summed E-state index contributed by atoms with van der Waals surface area (Å²) in [6.45, 7) is 0. The fourth-order valence-corrected chi connectivity index (χ4v) is 4.39. The van der Waals surface area contributed by atoms with Crippen LogP contribution in [-0.4, -0.2) is 49.4 Å². The van der Waals surface area contributed by atoms with Crippen molar-refractivity contribution in [2.75, 3.05) is 19.5 Å². The molecule has 0 radical (unpaired) electrons. The first-order chi connectivity index (χ1) is 13.0. The van der Waals surface area contributed by atoms with Crippen molar-refractivity contribution in [3.8, 4) is 5.75 Å². The van der Waals surface area contributed by atoms with Gasteiger partial charge in [0.15, 0.2) is 5.75 Å². The van der Waals surface area contributed by atoms with Gasteiger partial charge in [0.1, 0.15) is 0 Å².